The predicted molar refractivity (Wildman–Crippen MR) is 97.6 cm³/mol. The van der Waals surface area contributed by atoms with Gasteiger partial charge < -0.3 is 15.2 Å². The number of carbonyl (C=O) groups is 2. The minimum Gasteiger partial charge on any atom is -0.479 e. The van der Waals surface area contributed by atoms with Crippen molar-refractivity contribution in [3.63, 3.8) is 0 Å². The van der Waals surface area contributed by atoms with E-state index in [1.54, 1.807) is 36.4 Å². The number of nitriles is 1. The van der Waals surface area contributed by atoms with Crippen molar-refractivity contribution in [2.24, 2.45) is 0 Å². The number of aliphatic carboxylic acids is 1. The highest BCUT2D eigenvalue weighted by atomic mass is 16.5. The normalized spacial score (nSPS) is 12.0. The highest BCUT2D eigenvalue weighted by Crippen LogP contribution is 2.17. The van der Waals surface area contributed by atoms with Gasteiger partial charge in [0.15, 0.2) is 6.10 Å². The van der Waals surface area contributed by atoms with Crippen LogP contribution in [0.4, 0.5) is 5.69 Å². The minimum atomic E-state index is -1.06. The van der Waals surface area contributed by atoms with Crippen molar-refractivity contribution in [3.05, 3.63) is 65.2 Å². The third kappa shape index (κ3) is 5.21. The lowest BCUT2D eigenvalue weighted by Gasteiger charge is -2.10. The highest BCUT2D eigenvalue weighted by molar-refractivity contribution is 6.09. The van der Waals surface area contributed by atoms with E-state index in [0.29, 0.717) is 17.0 Å². The fraction of sp³-hybridized carbons (Fsp3) is 0.150. The van der Waals surface area contributed by atoms with Gasteiger partial charge in [-0.1, -0.05) is 29.8 Å². The second-order valence-electron chi connectivity index (χ2n) is 5.66. The molecule has 2 aromatic rings. The molecule has 132 valence electrons. The summed E-state index contributed by atoms with van der Waals surface area (Å²) in [4.78, 5) is 23.0. The molecule has 0 aliphatic rings. The van der Waals surface area contributed by atoms with Crippen molar-refractivity contribution >= 4 is 23.6 Å². The molecule has 2 N–H and O–H groups in total. The van der Waals surface area contributed by atoms with Gasteiger partial charge in [-0.2, -0.15) is 5.26 Å². The molecule has 0 fully saturated rings. The first-order chi connectivity index (χ1) is 12.4. The molecule has 0 aliphatic carbocycles. The molecular formula is C20H18N2O4. The number of anilines is 1. The molecule has 0 bridgehead atoms. The molecule has 6 heteroatoms. The predicted octanol–water partition coefficient (Wildman–Crippen LogP) is 3.39. The summed E-state index contributed by atoms with van der Waals surface area (Å²) in [7, 11) is 0. The molecule has 1 atom stereocenters. The van der Waals surface area contributed by atoms with Gasteiger partial charge in [0, 0.05) is 5.69 Å². The fourth-order valence-electron chi connectivity index (χ4n) is 2.05. The maximum Gasteiger partial charge on any atom is 0.344 e. The average Bonchev–Trinajstić information content (AvgIpc) is 2.62. The Bertz CT molecular complexity index is 862. The molecule has 0 aliphatic heterocycles. The van der Waals surface area contributed by atoms with Gasteiger partial charge in [0.2, 0.25) is 0 Å². The summed E-state index contributed by atoms with van der Waals surface area (Å²) in [6.07, 6.45) is 0.486. The molecule has 2 rings (SSSR count). The monoisotopic (exact) mass is 350 g/mol. The second kappa shape index (κ2) is 8.49. The smallest absolute Gasteiger partial charge is 0.344 e. The minimum absolute atomic E-state index is 0.0434. The van der Waals surface area contributed by atoms with Crippen LogP contribution in [0.15, 0.2) is 54.1 Å². The van der Waals surface area contributed by atoms with Crippen LogP contribution in [0.1, 0.15) is 18.1 Å². The Morgan fingerprint density at radius 1 is 1.15 bits per heavy atom. The Morgan fingerprint density at radius 2 is 1.77 bits per heavy atom. The molecular weight excluding hydrogens is 332 g/mol. The largest absolute Gasteiger partial charge is 0.479 e. The van der Waals surface area contributed by atoms with Crippen LogP contribution in [-0.4, -0.2) is 23.1 Å². The summed E-state index contributed by atoms with van der Waals surface area (Å²) in [6, 6.07) is 15.6. The zero-order valence-electron chi connectivity index (χ0n) is 14.4. The number of ether oxygens (including phenoxy) is 1. The van der Waals surface area contributed by atoms with Gasteiger partial charge in [-0.15, -0.1) is 0 Å². The first-order valence-electron chi connectivity index (χ1n) is 7.88. The van der Waals surface area contributed by atoms with E-state index >= 15 is 0 Å². The van der Waals surface area contributed by atoms with E-state index in [-0.39, 0.29) is 5.57 Å². The number of carboxylic acid groups (broad SMARTS) is 1. The molecule has 0 radical (unpaired) electrons. The highest BCUT2D eigenvalue weighted by Gasteiger charge is 2.12. The summed E-state index contributed by atoms with van der Waals surface area (Å²) in [5.41, 5.74) is 2.25. The van der Waals surface area contributed by atoms with Gasteiger partial charge in [-0.05, 0) is 49.8 Å². The van der Waals surface area contributed by atoms with Gasteiger partial charge in [-0.25, -0.2) is 4.79 Å². The molecule has 2 aromatic carbocycles. The summed E-state index contributed by atoms with van der Waals surface area (Å²) in [5, 5.41) is 20.7. The number of carbonyl (C=O) groups excluding carboxylic acids is 1. The summed E-state index contributed by atoms with van der Waals surface area (Å²) in [5.74, 6) is -1.18. The van der Waals surface area contributed by atoms with Gasteiger partial charge >= 0.3 is 5.97 Å². The van der Waals surface area contributed by atoms with Gasteiger partial charge in [0.05, 0.1) is 0 Å². The van der Waals surface area contributed by atoms with Crippen molar-refractivity contribution in [2.45, 2.75) is 20.0 Å². The van der Waals surface area contributed by atoms with Crippen molar-refractivity contribution in [3.8, 4) is 11.8 Å². The molecule has 0 saturated carbocycles. The van der Waals surface area contributed by atoms with Crippen LogP contribution in [0.3, 0.4) is 0 Å². The zero-order valence-corrected chi connectivity index (χ0v) is 14.4. The first kappa shape index (κ1) is 18.7. The van der Waals surface area contributed by atoms with Gasteiger partial charge in [0.25, 0.3) is 5.91 Å². The molecule has 6 nitrogen and oxygen atoms in total. The molecule has 0 heterocycles. The lowest BCUT2D eigenvalue weighted by Crippen LogP contribution is -2.22. The van der Waals surface area contributed by atoms with E-state index < -0.39 is 18.0 Å². The van der Waals surface area contributed by atoms with Crippen LogP contribution >= 0.6 is 0 Å². The number of amides is 1. The van der Waals surface area contributed by atoms with Gasteiger partial charge in [0.1, 0.15) is 17.4 Å². The number of hydrogen-bond donors (Lipinski definition) is 2. The number of aryl methyl sites for hydroxylation is 1. The van der Waals surface area contributed by atoms with Crippen molar-refractivity contribution in [2.75, 3.05) is 5.32 Å². The van der Waals surface area contributed by atoms with E-state index in [1.165, 1.54) is 13.0 Å². The van der Waals surface area contributed by atoms with Crippen LogP contribution in [0.2, 0.25) is 0 Å². The maximum absolute atomic E-state index is 12.2. The van der Waals surface area contributed by atoms with E-state index in [9.17, 15) is 14.9 Å². The van der Waals surface area contributed by atoms with Crippen molar-refractivity contribution in [1.82, 2.24) is 0 Å². The van der Waals surface area contributed by atoms with Crippen LogP contribution in [-0.2, 0) is 9.59 Å². The average molecular weight is 350 g/mol. The molecule has 1 amide bonds. The van der Waals surface area contributed by atoms with Crippen LogP contribution < -0.4 is 10.1 Å². The van der Waals surface area contributed by atoms with Crippen LogP contribution in [0.25, 0.3) is 6.08 Å². The van der Waals surface area contributed by atoms with Crippen molar-refractivity contribution < 1.29 is 19.4 Å². The Hall–Kier alpha value is -3.59. The van der Waals surface area contributed by atoms with Crippen LogP contribution in [0, 0.1) is 18.3 Å². The number of nitrogens with zero attached hydrogens (tertiary/aromatic N) is 1. The molecule has 0 aromatic heterocycles. The number of hydrogen-bond acceptors (Lipinski definition) is 4. The standard InChI is InChI=1S/C20H18N2O4/c1-13-3-7-17(8-4-13)22-19(23)16(12-21)11-15-5-9-18(10-6-15)26-14(2)20(24)25/h3-11,14H,1-2H3,(H,22,23)(H,24,25)/b16-11-/t14-/m0/s1. The first-order valence-corrected chi connectivity index (χ1v) is 7.88. The Kier molecular flexibility index (Phi) is 6.12. The number of carboxylic acids is 1. The topological polar surface area (TPSA) is 99.4 Å². The summed E-state index contributed by atoms with van der Waals surface area (Å²) >= 11 is 0. The number of rotatable bonds is 6. The third-order valence-electron chi connectivity index (χ3n) is 3.53. The maximum atomic E-state index is 12.2. The Morgan fingerprint density at radius 3 is 2.31 bits per heavy atom. The summed E-state index contributed by atoms with van der Waals surface area (Å²) in [6.45, 7) is 3.37. The summed E-state index contributed by atoms with van der Waals surface area (Å²) < 4.78 is 5.23. The van der Waals surface area contributed by atoms with E-state index in [2.05, 4.69) is 5.32 Å². The third-order valence-corrected chi connectivity index (χ3v) is 3.53. The lowest BCUT2D eigenvalue weighted by molar-refractivity contribution is -0.144. The Labute approximate surface area is 151 Å². The molecule has 0 spiro atoms. The number of nitrogens with one attached hydrogen (secondary N) is 1. The molecule has 26 heavy (non-hydrogen) atoms. The number of benzene rings is 2. The van der Waals surface area contributed by atoms with E-state index in [4.69, 9.17) is 9.84 Å². The Balaban J connectivity index is 2.10. The van der Waals surface area contributed by atoms with E-state index in [1.807, 2.05) is 25.1 Å². The van der Waals surface area contributed by atoms with E-state index in [0.717, 1.165) is 5.56 Å². The molecule has 0 unspecified atom stereocenters. The van der Waals surface area contributed by atoms with Crippen LogP contribution in [0.5, 0.6) is 5.75 Å². The molecule has 0 saturated heterocycles. The zero-order chi connectivity index (χ0) is 19.1. The SMILES string of the molecule is Cc1ccc(NC(=O)/C(C#N)=C\c2ccc(O[C@@H](C)C(=O)O)cc2)cc1. The second-order valence-corrected chi connectivity index (χ2v) is 5.66. The fourth-order valence-corrected chi connectivity index (χ4v) is 2.05. The lowest BCUT2D eigenvalue weighted by atomic mass is 10.1. The van der Waals surface area contributed by atoms with Gasteiger partial charge in [-0.3, -0.25) is 4.79 Å². The van der Waals surface area contributed by atoms with Crippen molar-refractivity contribution in [1.29, 1.82) is 5.26 Å². The quantitative estimate of drug-likeness (QED) is 0.614.